The van der Waals surface area contributed by atoms with Gasteiger partial charge in [-0.05, 0) is 26.0 Å². The van der Waals surface area contributed by atoms with Crippen molar-refractivity contribution in [2.45, 2.75) is 26.1 Å². The largest absolute Gasteiger partial charge is 0.355 e. The van der Waals surface area contributed by atoms with Crippen LogP contribution in [0, 0.1) is 18.3 Å². The van der Waals surface area contributed by atoms with Gasteiger partial charge in [0, 0.05) is 18.7 Å². The van der Waals surface area contributed by atoms with Crippen LogP contribution in [0.1, 0.15) is 24.6 Å². The Balaban J connectivity index is 2.53. The van der Waals surface area contributed by atoms with Crippen LogP contribution in [0.3, 0.4) is 0 Å². The highest BCUT2D eigenvalue weighted by molar-refractivity contribution is 6.17. The van der Waals surface area contributed by atoms with Crippen LogP contribution in [0.4, 0.5) is 5.82 Å². The van der Waals surface area contributed by atoms with Crippen LogP contribution in [-0.2, 0) is 5.88 Å². The maximum atomic E-state index is 8.85. The predicted molar refractivity (Wildman–Crippen MR) is 86.0 cm³/mol. The zero-order valence-electron chi connectivity index (χ0n) is 12.4. The normalized spacial score (nSPS) is 10.4. The molecular weight excluding hydrogens is 284 g/mol. The first-order valence-corrected chi connectivity index (χ1v) is 7.58. The Labute approximate surface area is 130 Å². The van der Waals surface area contributed by atoms with E-state index in [4.69, 9.17) is 16.9 Å². The van der Waals surface area contributed by atoms with Crippen molar-refractivity contribution in [2.24, 2.45) is 0 Å². The molecule has 0 saturated heterocycles. The summed E-state index contributed by atoms with van der Waals surface area (Å²) in [6, 6.07) is 12.2. The number of benzene rings is 1. The Morgan fingerprint density at radius 1 is 1.33 bits per heavy atom. The van der Waals surface area contributed by atoms with Gasteiger partial charge < -0.3 is 4.90 Å². The van der Waals surface area contributed by atoms with Crippen LogP contribution in [0.5, 0.6) is 0 Å². The molecule has 0 amide bonds. The highest BCUT2D eigenvalue weighted by atomic mass is 35.5. The number of hydrogen-bond acceptors (Lipinski definition) is 3. The zero-order chi connectivity index (χ0) is 15.2. The number of para-hydroxylation sites is 1. The second-order valence-electron chi connectivity index (χ2n) is 4.76. The smallest absolute Gasteiger partial charge is 0.137 e. The number of aryl methyl sites for hydroxylation is 1. The minimum absolute atomic E-state index is 0.414. The molecule has 0 spiro atoms. The molecule has 1 heterocycles. The van der Waals surface area contributed by atoms with Crippen LogP contribution in [-0.4, -0.2) is 22.9 Å². The summed E-state index contributed by atoms with van der Waals surface area (Å²) < 4.78 is 1.92. The molecule has 0 unspecified atom stereocenters. The quantitative estimate of drug-likeness (QED) is 0.765. The van der Waals surface area contributed by atoms with Crippen molar-refractivity contribution in [2.75, 3.05) is 18.0 Å². The zero-order valence-corrected chi connectivity index (χ0v) is 13.1. The van der Waals surface area contributed by atoms with E-state index in [1.54, 1.807) is 0 Å². The van der Waals surface area contributed by atoms with E-state index >= 15 is 0 Å². The fraction of sp³-hybridized carbons (Fsp3) is 0.375. The van der Waals surface area contributed by atoms with Crippen molar-refractivity contribution in [3.63, 3.8) is 0 Å². The molecule has 0 aliphatic heterocycles. The molecule has 1 aromatic heterocycles. The molecule has 0 N–H and O–H groups in total. The number of hydrogen-bond donors (Lipinski definition) is 0. The number of nitrogens with zero attached hydrogens (tertiary/aromatic N) is 4. The topological polar surface area (TPSA) is 44.9 Å². The monoisotopic (exact) mass is 302 g/mol. The fourth-order valence-corrected chi connectivity index (χ4v) is 2.69. The first kappa shape index (κ1) is 15.4. The Hall–Kier alpha value is -1.99. The van der Waals surface area contributed by atoms with Crippen molar-refractivity contribution >= 4 is 17.4 Å². The van der Waals surface area contributed by atoms with Gasteiger partial charge in [-0.3, -0.25) is 0 Å². The number of anilines is 1. The maximum Gasteiger partial charge on any atom is 0.137 e. The summed E-state index contributed by atoms with van der Waals surface area (Å²) in [5.41, 5.74) is 2.96. The van der Waals surface area contributed by atoms with Crippen LogP contribution in [0.15, 0.2) is 30.3 Å². The summed E-state index contributed by atoms with van der Waals surface area (Å²) in [7, 11) is 0. The van der Waals surface area contributed by atoms with Gasteiger partial charge in [-0.2, -0.15) is 10.4 Å². The minimum atomic E-state index is 0.414. The van der Waals surface area contributed by atoms with E-state index in [0.29, 0.717) is 18.8 Å². The summed E-state index contributed by atoms with van der Waals surface area (Å²) in [4.78, 5) is 2.16. The lowest BCUT2D eigenvalue weighted by atomic mass is 10.2. The van der Waals surface area contributed by atoms with Crippen molar-refractivity contribution in [1.82, 2.24) is 9.78 Å². The summed E-state index contributed by atoms with van der Waals surface area (Å²) in [5.74, 6) is 1.41. The molecule has 4 nitrogen and oxygen atoms in total. The third-order valence-corrected chi connectivity index (χ3v) is 3.73. The molecule has 0 atom stereocenters. The predicted octanol–water partition coefficient (Wildman–Crippen LogP) is 3.66. The van der Waals surface area contributed by atoms with Crippen molar-refractivity contribution in [3.05, 3.63) is 41.6 Å². The first-order chi connectivity index (χ1) is 10.2. The third-order valence-electron chi connectivity index (χ3n) is 3.47. The first-order valence-electron chi connectivity index (χ1n) is 7.04. The number of rotatable bonds is 6. The third kappa shape index (κ3) is 3.20. The number of nitriles is 1. The second kappa shape index (κ2) is 7.14. The molecule has 0 radical (unpaired) electrons. The number of halogens is 1. The summed E-state index contributed by atoms with van der Waals surface area (Å²) in [5, 5.41) is 13.5. The van der Waals surface area contributed by atoms with Gasteiger partial charge in [0.1, 0.15) is 5.82 Å². The molecule has 110 valence electrons. The standard InChI is InChI=1S/C16H19ClN4/c1-3-20(11-7-10-18)16-15(12-17)13(2)19-21(16)14-8-5-4-6-9-14/h4-6,8-9H,3,7,11-12H2,1-2H3. The minimum Gasteiger partial charge on any atom is -0.355 e. The molecule has 0 bridgehead atoms. The van der Waals surface area contributed by atoms with Gasteiger partial charge in [-0.25, -0.2) is 4.68 Å². The van der Waals surface area contributed by atoms with Gasteiger partial charge in [0.25, 0.3) is 0 Å². The maximum absolute atomic E-state index is 8.85. The highest BCUT2D eigenvalue weighted by Gasteiger charge is 2.20. The molecule has 21 heavy (non-hydrogen) atoms. The van der Waals surface area contributed by atoms with E-state index in [0.717, 1.165) is 29.3 Å². The van der Waals surface area contributed by atoms with Crippen molar-refractivity contribution in [3.8, 4) is 11.8 Å². The van der Waals surface area contributed by atoms with Gasteiger partial charge in [-0.15, -0.1) is 11.6 Å². The average Bonchev–Trinajstić information content (AvgIpc) is 2.86. The number of alkyl halides is 1. The Kier molecular flexibility index (Phi) is 5.24. The Morgan fingerprint density at radius 2 is 2.05 bits per heavy atom. The molecule has 0 aliphatic carbocycles. The summed E-state index contributed by atoms with van der Waals surface area (Å²) in [6.45, 7) is 5.53. The van der Waals surface area contributed by atoms with Crippen LogP contribution in [0.25, 0.3) is 5.69 Å². The van der Waals surface area contributed by atoms with E-state index in [2.05, 4.69) is 23.0 Å². The highest BCUT2D eigenvalue weighted by Crippen LogP contribution is 2.28. The van der Waals surface area contributed by atoms with E-state index in [1.165, 1.54) is 0 Å². The molecule has 0 fully saturated rings. The van der Waals surface area contributed by atoms with Gasteiger partial charge in [0.2, 0.25) is 0 Å². The molecular formula is C16H19ClN4. The van der Waals surface area contributed by atoms with E-state index in [1.807, 2.05) is 41.9 Å². The molecule has 5 heteroatoms. The van der Waals surface area contributed by atoms with Gasteiger partial charge in [0.05, 0.1) is 29.8 Å². The Bertz CT molecular complexity index is 628. The molecule has 2 rings (SSSR count). The van der Waals surface area contributed by atoms with Gasteiger partial charge in [0.15, 0.2) is 0 Å². The van der Waals surface area contributed by atoms with E-state index in [9.17, 15) is 0 Å². The van der Waals surface area contributed by atoms with Crippen LogP contribution in [0.2, 0.25) is 0 Å². The van der Waals surface area contributed by atoms with Crippen molar-refractivity contribution in [1.29, 1.82) is 5.26 Å². The molecule has 2 aromatic rings. The van der Waals surface area contributed by atoms with Gasteiger partial charge >= 0.3 is 0 Å². The lowest BCUT2D eigenvalue weighted by Gasteiger charge is -2.24. The van der Waals surface area contributed by atoms with E-state index in [-0.39, 0.29) is 0 Å². The molecule has 0 saturated carbocycles. The molecule has 1 aromatic carbocycles. The lowest BCUT2D eigenvalue weighted by molar-refractivity contribution is 0.760. The second-order valence-corrected chi connectivity index (χ2v) is 5.02. The summed E-state index contributed by atoms with van der Waals surface area (Å²) >= 11 is 6.13. The van der Waals surface area contributed by atoms with Crippen LogP contribution >= 0.6 is 11.6 Å². The fourth-order valence-electron chi connectivity index (χ4n) is 2.38. The van der Waals surface area contributed by atoms with Gasteiger partial charge in [-0.1, -0.05) is 18.2 Å². The SMILES string of the molecule is CCN(CCC#N)c1c(CCl)c(C)nn1-c1ccccc1. The Morgan fingerprint density at radius 3 is 2.62 bits per heavy atom. The summed E-state index contributed by atoms with van der Waals surface area (Å²) in [6.07, 6.45) is 0.481. The number of aromatic nitrogens is 2. The average molecular weight is 303 g/mol. The van der Waals surface area contributed by atoms with Crippen molar-refractivity contribution < 1.29 is 0 Å². The molecule has 0 aliphatic rings. The lowest BCUT2D eigenvalue weighted by Crippen LogP contribution is -2.27. The van der Waals surface area contributed by atoms with E-state index < -0.39 is 0 Å². The van der Waals surface area contributed by atoms with Crippen LogP contribution < -0.4 is 4.90 Å².